The Bertz CT molecular complexity index is 328. The molecule has 0 aliphatic carbocycles. The van der Waals surface area contributed by atoms with Crippen molar-refractivity contribution in [3.63, 3.8) is 0 Å². The van der Waals surface area contributed by atoms with Crippen LogP contribution in [0.5, 0.6) is 0 Å². The lowest BCUT2D eigenvalue weighted by Gasteiger charge is -2.21. The van der Waals surface area contributed by atoms with Crippen LogP contribution in [0.15, 0.2) is 18.3 Å². The van der Waals surface area contributed by atoms with Crippen molar-refractivity contribution in [2.45, 2.75) is 26.4 Å². The van der Waals surface area contributed by atoms with Crippen LogP contribution < -0.4 is 10.2 Å². The number of hydrogen-bond donors (Lipinski definition) is 1. The molecule has 0 unspecified atom stereocenters. The maximum Gasteiger partial charge on any atom is 0.132 e. The summed E-state index contributed by atoms with van der Waals surface area (Å²) in [4.78, 5) is 6.57. The summed E-state index contributed by atoms with van der Waals surface area (Å²) in [6.45, 7) is 6.69. The molecule has 1 aromatic heterocycles. The Morgan fingerprint density at radius 3 is 2.88 bits per heavy atom. The van der Waals surface area contributed by atoms with Gasteiger partial charge >= 0.3 is 0 Å². The highest BCUT2D eigenvalue weighted by atomic mass is 16.5. The number of aromatic nitrogens is 1. The first-order valence-electron chi connectivity index (χ1n) is 6.02. The van der Waals surface area contributed by atoms with Crippen LogP contribution in [-0.4, -0.2) is 38.3 Å². The van der Waals surface area contributed by atoms with Crippen LogP contribution >= 0.6 is 0 Å². The number of ether oxygens (including phenoxy) is 1. The zero-order valence-corrected chi connectivity index (χ0v) is 11.2. The van der Waals surface area contributed by atoms with Gasteiger partial charge < -0.3 is 15.0 Å². The zero-order chi connectivity index (χ0) is 12.7. The monoisotopic (exact) mass is 237 g/mol. The van der Waals surface area contributed by atoms with Crippen molar-refractivity contribution in [1.82, 2.24) is 10.3 Å². The second kappa shape index (κ2) is 7.25. The number of rotatable bonds is 7. The molecule has 0 aliphatic rings. The Kier molecular flexibility index (Phi) is 5.94. The Labute approximate surface area is 104 Å². The summed E-state index contributed by atoms with van der Waals surface area (Å²) in [6.07, 6.45) is 1.83. The van der Waals surface area contributed by atoms with Gasteiger partial charge in [0.2, 0.25) is 0 Å². The third kappa shape index (κ3) is 4.71. The highest BCUT2D eigenvalue weighted by molar-refractivity contribution is 5.45. The van der Waals surface area contributed by atoms with Crippen LogP contribution in [0, 0.1) is 0 Å². The smallest absolute Gasteiger partial charge is 0.132 e. The number of nitrogens with zero attached hydrogens (tertiary/aromatic N) is 2. The van der Waals surface area contributed by atoms with Crippen molar-refractivity contribution >= 4 is 5.82 Å². The van der Waals surface area contributed by atoms with Crippen LogP contribution in [0.4, 0.5) is 5.82 Å². The minimum absolute atomic E-state index is 0.479. The van der Waals surface area contributed by atoms with E-state index in [1.807, 2.05) is 19.3 Å². The van der Waals surface area contributed by atoms with Gasteiger partial charge in [-0.2, -0.15) is 0 Å². The molecule has 0 bridgehead atoms. The minimum Gasteiger partial charge on any atom is -0.383 e. The Morgan fingerprint density at radius 2 is 2.24 bits per heavy atom. The number of likely N-dealkylation sites (N-methyl/N-ethyl adjacent to an activating group) is 1. The number of anilines is 1. The summed E-state index contributed by atoms with van der Waals surface area (Å²) < 4.78 is 5.09. The molecule has 17 heavy (non-hydrogen) atoms. The molecule has 0 radical (unpaired) electrons. The Balaban J connectivity index is 2.69. The third-order valence-electron chi connectivity index (χ3n) is 2.56. The topological polar surface area (TPSA) is 37.4 Å². The highest BCUT2D eigenvalue weighted by Crippen LogP contribution is 2.15. The second-order valence-corrected chi connectivity index (χ2v) is 4.44. The van der Waals surface area contributed by atoms with Gasteiger partial charge in [0.05, 0.1) is 6.61 Å². The quantitative estimate of drug-likeness (QED) is 0.782. The maximum atomic E-state index is 5.09. The molecule has 4 heteroatoms. The van der Waals surface area contributed by atoms with E-state index >= 15 is 0 Å². The number of hydrogen-bond acceptors (Lipinski definition) is 4. The van der Waals surface area contributed by atoms with Gasteiger partial charge in [0.25, 0.3) is 0 Å². The molecule has 1 rings (SSSR count). The van der Waals surface area contributed by atoms with Gasteiger partial charge in [0, 0.05) is 45.0 Å². The van der Waals surface area contributed by atoms with Crippen molar-refractivity contribution in [2.24, 2.45) is 0 Å². The Morgan fingerprint density at radius 1 is 1.47 bits per heavy atom. The average molecular weight is 237 g/mol. The van der Waals surface area contributed by atoms with E-state index in [9.17, 15) is 0 Å². The summed E-state index contributed by atoms with van der Waals surface area (Å²) >= 11 is 0. The van der Waals surface area contributed by atoms with E-state index < -0.39 is 0 Å². The molecule has 0 saturated heterocycles. The fourth-order valence-electron chi connectivity index (χ4n) is 1.56. The second-order valence-electron chi connectivity index (χ2n) is 4.44. The summed E-state index contributed by atoms with van der Waals surface area (Å²) in [5.74, 6) is 1.03. The molecule has 96 valence electrons. The summed E-state index contributed by atoms with van der Waals surface area (Å²) in [6, 6.07) is 4.57. The van der Waals surface area contributed by atoms with Crippen molar-refractivity contribution in [2.75, 3.05) is 32.2 Å². The van der Waals surface area contributed by atoms with Gasteiger partial charge in [-0.3, -0.25) is 0 Å². The van der Waals surface area contributed by atoms with Gasteiger partial charge in [0.1, 0.15) is 5.82 Å². The lowest BCUT2D eigenvalue weighted by molar-refractivity contribution is 0.206. The summed E-state index contributed by atoms with van der Waals surface area (Å²) in [7, 11) is 3.76. The van der Waals surface area contributed by atoms with Gasteiger partial charge in [-0.15, -0.1) is 0 Å². The third-order valence-corrected chi connectivity index (χ3v) is 2.56. The molecular formula is C13H23N3O. The average Bonchev–Trinajstić information content (AvgIpc) is 2.33. The lowest BCUT2D eigenvalue weighted by Crippen LogP contribution is -2.27. The minimum atomic E-state index is 0.479. The molecule has 0 aromatic carbocycles. The van der Waals surface area contributed by atoms with Crippen LogP contribution in [-0.2, 0) is 11.3 Å². The first kappa shape index (κ1) is 13.9. The normalized spacial score (nSPS) is 10.9. The zero-order valence-electron chi connectivity index (χ0n) is 11.2. The fraction of sp³-hybridized carbons (Fsp3) is 0.615. The van der Waals surface area contributed by atoms with Gasteiger partial charge in [-0.25, -0.2) is 4.98 Å². The van der Waals surface area contributed by atoms with Gasteiger partial charge in [-0.1, -0.05) is 19.9 Å². The van der Waals surface area contributed by atoms with E-state index in [0.717, 1.165) is 18.9 Å². The molecule has 1 N–H and O–H groups in total. The predicted molar refractivity (Wildman–Crippen MR) is 71.4 cm³/mol. The molecule has 0 spiro atoms. The summed E-state index contributed by atoms with van der Waals surface area (Å²) in [5, 5.41) is 3.42. The van der Waals surface area contributed by atoms with E-state index in [2.05, 4.69) is 35.1 Å². The molecule has 1 aromatic rings. The number of nitrogens with one attached hydrogen (secondary N) is 1. The maximum absolute atomic E-state index is 5.09. The SMILES string of the molecule is COCCN(C)c1ncccc1CNC(C)C. The van der Waals surface area contributed by atoms with E-state index in [1.54, 1.807) is 7.11 Å². The van der Waals surface area contributed by atoms with Crippen LogP contribution in [0.1, 0.15) is 19.4 Å². The van der Waals surface area contributed by atoms with E-state index in [-0.39, 0.29) is 0 Å². The van der Waals surface area contributed by atoms with Crippen molar-refractivity contribution < 1.29 is 4.74 Å². The molecule has 0 fully saturated rings. The lowest BCUT2D eigenvalue weighted by atomic mass is 10.2. The van der Waals surface area contributed by atoms with Crippen LogP contribution in [0.3, 0.4) is 0 Å². The van der Waals surface area contributed by atoms with E-state index in [4.69, 9.17) is 4.74 Å². The van der Waals surface area contributed by atoms with Crippen molar-refractivity contribution in [3.05, 3.63) is 23.9 Å². The van der Waals surface area contributed by atoms with Crippen LogP contribution in [0.25, 0.3) is 0 Å². The standard InChI is InChI=1S/C13H23N3O/c1-11(2)15-10-12-6-5-7-14-13(12)16(3)8-9-17-4/h5-7,11,15H,8-10H2,1-4H3. The highest BCUT2D eigenvalue weighted by Gasteiger charge is 2.08. The predicted octanol–water partition coefficient (Wildman–Crippen LogP) is 1.66. The van der Waals surface area contributed by atoms with E-state index in [0.29, 0.717) is 12.6 Å². The first-order chi connectivity index (χ1) is 8.15. The Hall–Kier alpha value is -1.13. The van der Waals surface area contributed by atoms with Crippen LogP contribution in [0.2, 0.25) is 0 Å². The number of pyridine rings is 1. The van der Waals surface area contributed by atoms with Crippen molar-refractivity contribution in [1.29, 1.82) is 0 Å². The summed E-state index contributed by atoms with van der Waals surface area (Å²) in [5.41, 5.74) is 1.22. The molecule has 4 nitrogen and oxygen atoms in total. The molecule has 0 atom stereocenters. The van der Waals surface area contributed by atoms with Gasteiger partial charge in [0.15, 0.2) is 0 Å². The molecule has 0 amide bonds. The first-order valence-corrected chi connectivity index (χ1v) is 6.02. The molecule has 0 aliphatic heterocycles. The number of methoxy groups -OCH3 is 1. The van der Waals surface area contributed by atoms with Gasteiger partial charge in [-0.05, 0) is 6.07 Å². The van der Waals surface area contributed by atoms with E-state index in [1.165, 1.54) is 5.56 Å². The largest absolute Gasteiger partial charge is 0.383 e. The van der Waals surface area contributed by atoms with Crippen molar-refractivity contribution in [3.8, 4) is 0 Å². The molecule has 1 heterocycles. The molecular weight excluding hydrogens is 214 g/mol. The molecule has 0 saturated carbocycles. The fourth-order valence-corrected chi connectivity index (χ4v) is 1.56.